The maximum absolute atomic E-state index is 12.6. The maximum atomic E-state index is 12.6. The number of aromatic hydroxyl groups is 1. The van der Waals surface area contributed by atoms with Crippen molar-refractivity contribution < 1.29 is 24.2 Å². The number of phenols is 1. The Hall–Kier alpha value is -3.22. The second-order valence-electron chi connectivity index (χ2n) is 7.37. The van der Waals surface area contributed by atoms with Gasteiger partial charge in [-0.1, -0.05) is 12.1 Å². The molecule has 160 valence electrons. The van der Waals surface area contributed by atoms with E-state index in [1.54, 1.807) is 26.4 Å². The molecule has 1 heterocycles. The van der Waals surface area contributed by atoms with Gasteiger partial charge in [0.15, 0.2) is 11.5 Å². The largest absolute Gasteiger partial charge is 0.508 e. The third kappa shape index (κ3) is 5.43. The van der Waals surface area contributed by atoms with E-state index in [-0.39, 0.29) is 23.6 Å². The zero-order valence-corrected chi connectivity index (χ0v) is 17.4. The zero-order valence-electron chi connectivity index (χ0n) is 17.4. The topological polar surface area (TPSA) is 88.1 Å². The molecule has 0 aliphatic carbocycles. The lowest BCUT2D eigenvalue weighted by atomic mass is 10.0. The van der Waals surface area contributed by atoms with E-state index in [9.17, 15) is 14.7 Å². The molecule has 1 saturated heterocycles. The number of hydrogen-bond acceptors (Lipinski definition) is 5. The number of carbonyl (C=O) groups excluding carboxylic acids is 2. The summed E-state index contributed by atoms with van der Waals surface area (Å²) < 4.78 is 10.6. The van der Waals surface area contributed by atoms with Crippen molar-refractivity contribution in [2.75, 3.05) is 27.3 Å². The first kappa shape index (κ1) is 21.5. The maximum Gasteiger partial charge on any atom is 0.251 e. The molecule has 30 heavy (non-hydrogen) atoms. The number of ether oxygens (including phenoxy) is 2. The number of nitrogens with zero attached hydrogens (tertiary/aromatic N) is 1. The normalized spacial score (nSPS) is 14.3. The van der Waals surface area contributed by atoms with Crippen molar-refractivity contribution in [3.8, 4) is 17.2 Å². The van der Waals surface area contributed by atoms with E-state index in [2.05, 4.69) is 5.32 Å². The van der Waals surface area contributed by atoms with Gasteiger partial charge in [-0.25, -0.2) is 0 Å². The Kier molecular flexibility index (Phi) is 7.17. The van der Waals surface area contributed by atoms with Crippen molar-refractivity contribution in [1.29, 1.82) is 0 Å². The molecule has 0 unspecified atom stereocenters. The first-order valence-corrected chi connectivity index (χ1v) is 10.1. The van der Waals surface area contributed by atoms with Crippen LogP contribution in [-0.4, -0.2) is 55.2 Å². The summed E-state index contributed by atoms with van der Waals surface area (Å²) in [5, 5.41) is 12.5. The van der Waals surface area contributed by atoms with Gasteiger partial charge in [0.1, 0.15) is 5.75 Å². The Morgan fingerprint density at radius 2 is 1.80 bits per heavy atom. The van der Waals surface area contributed by atoms with Crippen molar-refractivity contribution >= 4 is 11.8 Å². The number of piperidine rings is 1. The molecule has 0 radical (unpaired) electrons. The lowest BCUT2D eigenvalue weighted by molar-refractivity contribution is -0.132. The van der Waals surface area contributed by atoms with Crippen LogP contribution in [0, 0.1) is 0 Å². The third-order valence-electron chi connectivity index (χ3n) is 5.37. The summed E-state index contributed by atoms with van der Waals surface area (Å²) in [7, 11) is 3.19. The molecule has 2 N–H and O–H groups in total. The smallest absolute Gasteiger partial charge is 0.251 e. The molecule has 7 nitrogen and oxygen atoms in total. The fourth-order valence-electron chi connectivity index (χ4n) is 3.63. The van der Waals surface area contributed by atoms with Crippen molar-refractivity contribution in [3.63, 3.8) is 0 Å². The Bertz CT molecular complexity index is 891. The van der Waals surface area contributed by atoms with Gasteiger partial charge in [-0.3, -0.25) is 9.59 Å². The molecule has 7 heteroatoms. The van der Waals surface area contributed by atoms with E-state index in [0.717, 1.165) is 5.56 Å². The molecule has 1 fully saturated rings. The number of amides is 2. The van der Waals surface area contributed by atoms with E-state index < -0.39 is 0 Å². The van der Waals surface area contributed by atoms with Gasteiger partial charge in [-0.2, -0.15) is 0 Å². The lowest BCUT2D eigenvalue weighted by Gasteiger charge is -2.32. The molecule has 2 aromatic carbocycles. The van der Waals surface area contributed by atoms with Crippen molar-refractivity contribution in [1.82, 2.24) is 10.2 Å². The van der Waals surface area contributed by atoms with E-state index in [4.69, 9.17) is 9.47 Å². The van der Waals surface area contributed by atoms with Gasteiger partial charge in [0.25, 0.3) is 5.91 Å². The van der Waals surface area contributed by atoms with Gasteiger partial charge < -0.3 is 24.8 Å². The minimum atomic E-state index is -0.205. The van der Waals surface area contributed by atoms with Crippen LogP contribution in [0.5, 0.6) is 17.2 Å². The van der Waals surface area contributed by atoms with E-state index in [1.807, 2.05) is 23.1 Å². The number of aryl methyl sites for hydroxylation is 1. The van der Waals surface area contributed by atoms with Crippen LogP contribution in [0.4, 0.5) is 0 Å². The zero-order chi connectivity index (χ0) is 21.5. The van der Waals surface area contributed by atoms with Crippen LogP contribution in [0.25, 0.3) is 0 Å². The molecular weight excluding hydrogens is 384 g/mol. The van der Waals surface area contributed by atoms with E-state index in [1.165, 1.54) is 12.1 Å². The van der Waals surface area contributed by atoms with Crippen LogP contribution in [-0.2, 0) is 11.2 Å². The second-order valence-corrected chi connectivity index (χ2v) is 7.37. The molecule has 0 bridgehead atoms. The molecule has 1 aliphatic rings. The molecular formula is C23H28N2O5. The second kappa shape index (κ2) is 10.0. The summed E-state index contributed by atoms with van der Waals surface area (Å²) in [6.07, 6.45) is 2.49. The highest BCUT2D eigenvalue weighted by atomic mass is 16.5. The van der Waals surface area contributed by atoms with Gasteiger partial charge in [0.05, 0.1) is 14.2 Å². The van der Waals surface area contributed by atoms with Crippen LogP contribution in [0.15, 0.2) is 42.5 Å². The van der Waals surface area contributed by atoms with Gasteiger partial charge in [-0.05, 0) is 55.2 Å². The number of benzene rings is 2. The number of rotatable bonds is 7. The van der Waals surface area contributed by atoms with Gasteiger partial charge in [-0.15, -0.1) is 0 Å². The molecule has 0 saturated carbocycles. The number of carbonyl (C=O) groups is 2. The third-order valence-corrected chi connectivity index (χ3v) is 5.37. The van der Waals surface area contributed by atoms with E-state index in [0.29, 0.717) is 55.8 Å². The summed E-state index contributed by atoms with van der Waals surface area (Å²) in [5.41, 5.74) is 1.46. The minimum absolute atomic E-state index is 0.0229. The first-order chi connectivity index (χ1) is 14.5. The highest BCUT2D eigenvalue weighted by Gasteiger charge is 2.24. The number of phenolic OH excluding ortho intramolecular Hbond substituents is 1. The molecule has 0 aromatic heterocycles. The molecule has 0 spiro atoms. The number of methoxy groups -OCH3 is 2. The Morgan fingerprint density at radius 1 is 1.07 bits per heavy atom. The SMILES string of the molecule is COc1ccc(CCC(=O)N2CCC(NC(=O)c3cccc(O)c3)CC2)cc1OC. The Balaban J connectivity index is 1.45. The summed E-state index contributed by atoms with van der Waals surface area (Å²) in [6.45, 7) is 1.24. The van der Waals surface area contributed by atoms with Gasteiger partial charge >= 0.3 is 0 Å². The fourth-order valence-corrected chi connectivity index (χ4v) is 3.63. The standard InChI is InChI=1S/C23H28N2O5/c1-29-20-8-6-16(14-21(20)30-2)7-9-22(27)25-12-10-18(11-13-25)24-23(28)17-4-3-5-19(26)15-17/h3-6,8,14-15,18,26H,7,9-13H2,1-2H3,(H,24,28). The van der Waals surface area contributed by atoms with Crippen LogP contribution >= 0.6 is 0 Å². The van der Waals surface area contributed by atoms with Crippen molar-refractivity contribution in [2.45, 2.75) is 31.7 Å². The van der Waals surface area contributed by atoms with Gasteiger partial charge in [0.2, 0.25) is 5.91 Å². The average molecular weight is 412 g/mol. The number of hydrogen-bond donors (Lipinski definition) is 2. The Labute approximate surface area is 176 Å². The summed E-state index contributed by atoms with van der Waals surface area (Å²) >= 11 is 0. The predicted molar refractivity (Wildman–Crippen MR) is 113 cm³/mol. The lowest BCUT2D eigenvalue weighted by Crippen LogP contribution is -2.46. The summed E-state index contributed by atoms with van der Waals surface area (Å²) in [5.74, 6) is 1.30. The fraction of sp³-hybridized carbons (Fsp3) is 0.391. The predicted octanol–water partition coefficient (Wildman–Crippen LogP) is 2.76. The summed E-state index contributed by atoms with van der Waals surface area (Å²) in [6, 6.07) is 12.0. The molecule has 1 aliphatic heterocycles. The first-order valence-electron chi connectivity index (χ1n) is 10.1. The monoisotopic (exact) mass is 412 g/mol. The van der Waals surface area contributed by atoms with Crippen LogP contribution < -0.4 is 14.8 Å². The highest BCUT2D eigenvalue weighted by Crippen LogP contribution is 2.28. The van der Waals surface area contributed by atoms with Gasteiger partial charge in [0, 0.05) is 31.1 Å². The summed E-state index contributed by atoms with van der Waals surface area (Å²) in [4.78, 5) is 26.8. The molecule has 2 amide bonds. The van der Waals surface area contributed by atoms with E-state index >= 15 is 0 Å². The van der Waals surface area contributed by atoms with Crippen LogP contribution in [0.3, 0.4) is 0 Å². The van der Waals surface area contributed by atoms with Crippen molar-refractivity contribution in [2.24, 2.45) is 0 Å². The quantitative estimate of drug-likeness (QED) is 0.730. The highest BCUT2D eigenvalue weighted by molar-refractivity contribution is 5.94. The molecule has 3 rings (SSSR count). The average Bonchev–Trinajstić information content (AvgIpc) is 2.77. The Morgan fingerprint density at radius 3 is 2.47 bits per heavy atom. The number of nitrogens with one attached hydrogen (secondary N) is 1. The van der Waals surface area contributed by atoms with Crippen molar-refractivity contribution in [3.05, 3.63) is 53.6 Å². The van der Waals surface area contributed by atoms with Crippen LogP contribution in [0.1, 0.15) is 35.2 Å². The minimum Gasteiger partial charge on any atom is -0.508 e. The number of likely N-dealkylation sites (tertiary alicyclic amines) is 1. The molecule has 2 aromatic rings. The van der Waals surface area contributed by atoms with Crippen LogP contribution in [0.2, 0.25) is 0 Å². The molecule has 0 atom stereocenters.